The van der Waals surface area contributed by atoms with Crippen LogP contribution in [0.5, 0.6) is 0 Å². The van der Waals surface area contributed by atoms with Gasteiger partial charge in [-0.25, -0.2) is 4.68 Å². The van der Waals surface area contributed by atoms with E-state index in [4.69, 9.17) is 5.73 Å². The monoisotopic (exact) mass is 293 g/mol. The highest BCUT2D eigenvalue weighted by Gasteiger charge is 2.07. The number of nitrogen functional groups attached to an aromatic ring is 1. The number of nitrogens with zero attached hydrogens (tertiary/aromatic N) is 2. The number of aryl methyl sites for hydroxylation is 2. The van der Waals surface area contributed by atoms with Gasteiger partial charge in [0, 0.05) is 10.5 Å². The van der Waals surface area contributed by atoms with E-state index in [0.717, 1.165) is 28.7 Å². The molecular formula is C13H16BrN3. The van der Waals surface area contributed by atoms with E-state index in [2.05, 4.69) is 40.9 Å². The molecule has 2 N–H and O–H groups in total. The van der Waals surface area contributed by atoms with Crippen molar-refractivity contribution in [2.24, 2.45) is 0 Å². The van der Waals surface area contributed by atoms with E-state index in [0.29, 0.717) is 5.82 Å². The molecule has 0 fully saturated rings. The summed E-state index contributed by atoms with van der Waals surface area (Å²) in [4.78, 5) is 0. The van der Waals surface area contributed by atoms with Crippen LogP contribution in [0.2, 0.25) is 0 Å². The molecule has 0 radical (unpaired) electrons. The molecule has 17 heavy (non-hydrogen) atoms. The topological polar surface area (TPSA) is 43.8 Å². The Morgan fingerprint density at radius 1 is 1.35 bits per heavy atom. The van der Waals surface area contributed by atoms with Crippen LogP contribution in [0.25, 0.3) is 5.69 Å². The Labute approximate surface area is 110 Å². The van der Waals surface area contributed by atoms with Gasteiger partial charge < -0.3 is 5.73 Å². The normalized spacial score (nSPS) is 10.8. The van der Waals surface area contributed by atoms with Crippen LogP contribution in [-0.2, 0) is 6.42 Å². The molecule has 0 saturated carbocycles. The van der Waals surface area contributed by atoms with Gasteiger partial charge in [-0.1, -0.05) is 35.3 Å². The Morgan fingerprint density at radius 3 is 2.76 bits per heavy atom. The van der Waals surface area contributed by atoms with Crippen LogP contribution in [0, 0.1) is 6.92 Å². The van der Waals surface area contributed by atoms with Crippen LogP contribution in [-0.4, -0.2) is 9.78 Å². The van der Waals surface area contributed by atoms with Crippen LogP contribution >= 0.6 is 15.9 Å². The summed E-state index contributed by atoms with van der Waals surface area (Å²) in [6.45, 7) is 4.19. The van der Waals surface area contributed by atoms with E-state index in [1.165, 1.54) is 5.56 Å². The fourth-order valence-electron chi connectivity index (χ4n) is 1.75. The summed E-state index contributed by atoms with van der Waals surface area (Å²) in [5.74, 6) is 0.684. The summed E-state index contributed by atoms with van der Waals surface area (Å²) in [5.41, 5.74) is 9.21. The first-order valence-electron chi connectivity index (χ1n) is 5.72. The van der Waals surface area contributed by atoms with E-state index >= 15 is 0 Å². The lowest BCUT2D eigenvalue weighted by atomic mass is 10.2. The number of aromatic nitrogens is 2. The molecule has 0 aliphatic carbocycles. The first-order chi connectivity index (χ1) is 8.11. The zero-order chi connectivity index (χ0) is 12.4. The highest BCUT2D eigenvalue weighted by Crippen LogP contribution is 2.22. The number of anilines is 1. The minimum absolute atomic E-state index is 0.684. The molecule has 1 aromatic heterocycles. The van der Waals surface area contributed by atoms with Gasteiger partial charge in [-0.15, -0.1) is 0 Å². The maximum Gasteiger partial charge on any atom is 0.127 e. The lowest BCUT2D eigenvalue weighted by molar-refractivity contribution is 0.810. The number of halogens is 1. The summed E-state index contributed by atoms with van der Waals surface area (Å²) in [5, 5.41) is 4.51. The SMILES string of the molecule is CCCc1cc(N)n(-c2ccc(C)c(Br)c2)n1. The Morgan fingerprint density at radius 2 is 2.12 bits per heavy atom. The molecule has 0 spiro atoms. The lowest BCUT2D eigenvalue weighted by Crippen LogP contribution is -2.02. The van der Waals surface area contributed by atoms with Gasteiger partial charge in [0.05, 0.1) is 11.4 Å². The summed E-state index contributed by atoms with van der Waals surface area (Å²) in [6.07, 6.45) is 2.04. The zero-order valence-electron chi connectivity index (χ0n) is 10.1. The van der Waals surface area contributed by atoms with Gasteiger partial charge in [-0.2, -0.15) is 5.10 Å². The zero-order valence-corrected chi connectivity index (χ0v) is 11.7. The van der Waals surface area contributed by atoms with Crippen molar-refractivity contribution in [1.82, 2.24) is 9.78 Å². The average Bonchev–Trinajstić information content (AvgIpc) is 2.64. The predicted octanol–water partition coefficient (Wildman–Crippen LogP) is 3.48. The van der Waals surface area contributed by atoms with Crippen LogP contribution in [0.1, 0.15) is 24.6 Å². The summed E-state index contributed by atoms with van der Waals surface area (Å²) in [7, 11) is 0. The Kier molecular flexibility index (Phi) is 3.52. The molecule has 2 rings (SSSR count). The molecule has 90 valence electrons. The Hall–Kier alpha value is -1.29. The van der Waals surface area contributed by atoms with Crippen molar-refractivity contribution in [3.05, 3.63) is 40.0 Å². The summed E-state index contributed by atoms with van der Waals surface area (Å²) < 4.78 is 2.86. The molecule has 4 heteroatoms. The van der Waals surface area contributed by atoms with E-state index < -0.39 is 0 Å². The van der Waals surface area contributed by atoms with Crippen molar-refractivity contribution in [1.29, 1.82) is 0 Å². The van der Waals surface area contributed by atoms with Crippen molar-refractivity contribution in [3.8, 4) is 5.69 Å². The van der Waals surface area contributed by atoms with Gasteiger partial charge in [0.25, 0.3) is 0 Å². The third-order valence-corrected chi connectivity index (χ3v) is 3.55. The molecule has 0 saturated heterocycles. The Balaban J connectivity index is 2.41. The number of rotatable bonds is 3. The minimum atomic E-state index is 0.684. The highest BCUT2D eigenvalue weighted by atomic mass is 79.9. The smallest absolute Gasteiger partial charge is 0.127 e. The van der Waals surface area contributed by atoms with Crippen LogP contribution < -0.4 is 5.73 Å². The second-order valence-electron chi connectivity index (χ2n) is 4.16. The fraction of sp³-hybridized carbons (Fsp3) is 0.308. The van der Waals surface area contributed by atoms with Gasteiger partial charge in [0.1, 0.15) is 5.82 Å². The molecule has 0 unspecified atom stereocenters. The van der Waals surface area contributed by atoms with Gasteiger partial charge in [-0.05, 0) is 31.0 Å². The first-order valence-corrected chi connectivity index (χ1v) is 6.52. The quantitative estimate of drug-likeness (QED) is 0.942. The predicted molar refractivity (Wildman–Crippen MR) is 74.4 cm³/mol. The molecule has 1 heterocycles. The maximum atomic E-state index is 5.98. The molecule has 1 aromatic carbocycles. The first kappa shape index (κ1) is 12.2. The van der Waals surface area contributed by atoms with Crippen LogP contribution in [0.3, 0.4) is 0 Å². The van der Waals surface area contributed by atoms with Crippen LogP contribution in [0.15, 0.2) is 28.7 Å². The van der Waals surface area contributed by atoms with Crippen LogP contribution in [0.4, 0.5) is 5.82 Å². The molecule has 0 bridgehead atoms. The molecule has 0 aliphatic heterocycles. The lowest BCUT2D eigenvalue weighted by Gasteiger charge is -2.06. The van der Waals surface area contributed by atoms with Gasteiger partial charge in [-0.3, -0.25) is 0 Å². The maximum absolute atomic E-state index is 5.98. The molecule has 2 aromatic rings. The molecule has 0 atom stereocenters. The van der Waals surface area contributed by atoms with Gasteiger partial charge in [0.2, 0.25) is 0 Å². The standard InChI is InChI=1S/C13H16BrN3/c1-3-4-10-7-13(15)17(16-10)11-6-5-9(2)12(14)8-11/h5-8H,3-4,15H2,1-2H3. The van der Waals surface area contributed by atoms with Gasteiger partial charge in [0.15, 0.2) is 0 Å². The van der Waals surface area contributed by atoms with Gasteiger partial charge >= 0.3 is 0 Å². The second-order valence-corrected chi connectivity index (χ2v) is 5.01. The van der Waals surface area contributed by atoms with E-state index in [1.807, 2.05) is 18.2 Å². The number of hydrogen-bond acceptors (Lipinski definition) is 2. The third kappa shape index (κ3) is 2.52. The van der Waals surface area contributed by atoms with Crippen molar-refractivity contribution >= 4 is 21.7 Å². The fourth-order valence-corrected chi connectivity index (χ4v) is 2.11. The van der Waals surface area contributed by atoms with Crippen molar-refractivity contribution in [3.63, 3.8) is 0 Å². The number of nitrogens with two attached hydrogens (primary N) is 1. The molecular weight excluding hydrogens is 278 g/mol. The minimum Gasteiger partial charge on any atom is -0.384 e. The van der Waals surface area contributed by atoms with Crippen molar-refractivity contribution in [2.45, 2.75) is 26.7 Å². The number of benzene rings is 1. The second kappa shape index (κ2) is 4.92. The largest absolute Gasteiger partial charge is 0.384 e. The molecule has 0 amide bonds. The highest BCUT2D eigenvalue weighted by molar-refractivity contribution is 9.10. The number of hydrogen-bond donors (Lipinski definition) is 1. The van der Waals surface area contributed by atoms with E-state index in [-0.39, 0.29) is 0 Å². The van der Waals surface area contributed by atoms with Crippen molar-refractivity contribution < 1.29 is 0 Å². The summed E-state index contributed by atoms with van der Waals surface area (Å²) >= 11 is 3.52. The summed E-state index contributed by atoms with van der Waals surface area (Å²) in [6, 6.07) is 8.06. The Bertz CT molecular complexity index is 531. The van der Waals surface area contributed by atoms with E-state index in [9.17, 15) is 0 Å². The molecule has 0 aliphatic rings. The van der Waals surface area contributed by atoms with E-state index in [1.54, 1.807) is 4.68 Å². The molecule has 3 nitrogen and oxygen atoms in total. The third-order valence-electron chi connectivity index (χ3n) is 2.69. The van der Waals surface area contributed by atoms with Crippen molar-refractivity contribution in [2.75, 3.05) is 5.73 Å². The average molecular weight is 294 g/mol.